The Kier molecular flexibility index (Phi) is 4.27. The molecule has 0 aromatic heterocycles. The van der Waals surface area contributed by atoms with Gasteiger partial charge in [0.05, 0.1) is 25.4 Å². The van der Waals surface area contributed by atoms with E-state index in [0.717, 1.165) is 51.3 Å². The number of benzene rings is 2. The van der Waals surface area contributed by atoms with Crippen LogP contribution < -0.4 is 0 Å². The average Bonchev–Trinajstić information content (AvgIpc) is 3.03. The van der Waals surface area contributed by atoms with E-state index in [1.165, 1.54) is 16.7 Å². The first-order valence-corrected chi connectivity index (χ1v) is 9.59. The number of fused-ring (bicyclic) bond motifs is 5. The van der Waals surface area contributed by atoms with Crippen molar-refractivity contribution in [1.82, 2.24) is 4.90 Å². The van der Waals surface area contributed by atoms with Crippen LogP contribution in [0.5, 0.6) is 0 Å². The molecule has 2 aromatic rings. The van der Waals surface area contributed by atoms with Crippen LogP contribution in [0.2, 0.25) is 0 Å². The van der Waals surface area contributed by atoms with Crippen LogP contribution in [0.25, 0.3) is 0 Å². The van der Waals surface area contributed by atoms with E-state index in [-0.39, 0.29) is 18.0 Å². The molecule has 136 valence electrons. The molecule has 0 spiro atoms. The molecular weight excluding hydrogens is 329 g/mol. The summed E-state index contributed by atoms with van der Waals surface area (Å²) in [5.74, 6) is 0.133. The van der Waals surface area contributed by atoms with E-state index in [9.17, 15) is 4.39 Å². The molecule has 2 unspecified atom stereocenters. The van der Waals surface area contributed by atoms with Crippen LogP contribution >= 0.6 is 0 Å². The van der Waals surface area contributed by atoms with Crippen LogP contribution in [-0.4, -0.2) is 43.9 Å². The standard InChI is InChI=1S/C22H24FNO2/c23-17-6-5-16-11-15-3-1-2-4-19(15)21-13-18(26-22(21)20(16)12-17)14-24-7-9-25-10-8-24/h1-6,12,18,21-22H,7-11,13-14H2/t18-,21?,22?/m1/s1. The van der Waals surface area contributed by atoms with Crippen LogP contribution in [0.15, 0.2) is 42.5 Å². The molecule has 0 radical (unpaired) electrons. The highest BCUT2D eigenvalue weighted by atomic mass is 19.1. The van der Waals surface area contributed by atoms with E-state index >= 15 is 0 Å². The summed E-state index contributed by atoms with van der Waals surface area (Å²) in [5.41, 5.74) is 4.95. The fourth-order valence-electron chi connectivity index (χ4n) is 4.79. The van der Waals surface area contributed by atoms with Gasteiger partial charge in [-0.2, -0.15) is 0 Å². The van der Waals surface area contributed by atoms with Gasteiger partial charge in [-0.15, -0.1) is 0 Å². The second-order valence-corrected chi connectivity index (χ2v) is 7.65. The fourth-order valence-corrected chi connectivity index (χ4v) is 4.79. The third kappa shape index (κ3) is 2.96. The highest BCUT2D eigenvalue weighted by Gasteiger charge is 2.41. The second kappa shape index (κ2) is 6.76. The molecule has 0 amide bonds. The Bertz CT molecular complexity index is 802. The smallest absolute Gasteiger partial charge is 0.123 e. The number of halogens is 1. The number of rotatable bonds is 2. The Morgan fingerprint density at radius 3 is 2.69 bits per heavy atom. The Morgan fingerprint density at radius 1 is 1.00 bits per heavy atom. The number of morpholine rings is 1. The van der Waals surface area contributed by atoms with E-state index < -0.39 is 0 Å². The summed E-state index contributed by atoms with van der Waals surface area (Å²) in [6, 6.07) is 13.8. The number of hydrogen-bond donors (Lipinski definition) is 0. The van der Waals surface area contributed by atoms with Gasteiger partial charge in [-0.05, 0) is 47.2 Å². The van der Waals surface area contributed by atoms with Crippen molar-refractivity contribution in [1.29, 1.82) is 0 Å². The summed E-state index contributed by atoms with van der Waals surface area (Å²) in [4.78, 5) is 2.43. The minimum atomic E-state index is -0.173. The molecule has 26 heavy (non-hydrogen) atoms. The van der Waals surface area contributed by atoms with E-state index in [2.05, 4.69) is 29.2 Å². The fraction of sp³-hybridized carbons (Fsp3) is 0.455. The van der Waals surface area contributed by atoms with Crippen molar-refractivity contribution in [2.45, 2.75) is 31.0 Å². The molecule has 0 saturated carbocycles. The molecule has 2 heterocycles. The molecule has 3 nitrogen and oxygen atoms in total. The van der Waals surface area contributed by atoms with Gasteiger partial charge < -0.3 is 9.47 Å². The lowest BCUT2D eigenvalue weighted by Gasteiger charge is -2.29. The van der Waals surface area contributed by atoms with Gasteiger partial charge in [0, 0.05) is 25.6 Å². The molecule has 4 heteroatoms. The van der Waals surface area contributed by atoms with Gasteiger partial charge in [0.15, 0.2) is 0 Å². The molecule has 2 saturated heterocycles. The maximum atomic E-state index is 14.0. The Morgan fingerprint density at radius 2 is 1.81 bits per heavy atom. The van der Waals surface area contributed by atoms with Crippen molar-refractivity contribution < 1.29 is 13.9 Å². The Balaban J connectivity index is 1.48. The van der Waals surface area contributed by atoms with Crippen LogP contribution in [-0.2, 0) is 15.9 Å². The predicted molar refractivity (Wildman–Crippen MR) is 97.9 cm³/mol. The molecule has 0 bridgehead atoms. The minimum Gasteiger partial charge on any atom is -0.379 e. The van der Waals surface area contributed by atoms with Gasteiger partial charge in [0.2, 0.25) is 0 Å². The number of ether oxygens (including phenoxy) is 2. The lowest BCUT2D eigenvalue weighted by molar-refractivity contribution is -0.0130. The van der Waals surface area contributed by atoms with Crippen LogP contribution in [0.3, 0.4) is 0 Å². The van der Waals surface area contributed by atoms with Gasteiger partial charge in [-0.25, -0.2) is 4.39 Å². The van der Waals surface area contributed by atoms with E-state index in [1.807, 2.05) is 6.07 Å². The van der Waals surface area contributed by atoms with Gasteiger partial charge in [-0.3, -0.25) is 4.90 Å². The maximum absolute atomic E-state index is 14.0. The molecule has 3 atom stereocenters. The first-order valence-electron chi connectivity index (χ1n) is 9.59. The van der Waals surface area contributed by atoms with Gasteiger partial charge in [0.1, 0.15) is 5.82 Å². The molecule has 2 aromatic carbocycles. The van der Waals surface area contributed by atoms with Crippen molar-refractivity contribution in [2.75, 3.05) is 32.8 Å². The van der Waals surface area contributed by atoms with E-state index in [1.54, 1.807) is 12.1 Å². The zero-order chi connectivity index (χ0) is 17.5. The van der Waals surface area contributed by atoms with Gasteiger partial charge in [0.25, 0.3) is 0 Å². The van der Waals surface area contributed by atoms with Crippen molar-refractivity contribution in [3.63, 3.8) is 0 Å². The Hall–Kier alpha value is -1.75. The summed E-state index contributed by atoms with van der Waals surface area (Å²) < 4.78 is 26.0. The SMILES string of the molecule is Fc1ccc2c(c1)C1O[C@@H](CN3CCOCC3)CC1c1ccccc1C2. The zero-order valence-corrected chi connectivity index (χ0v) is 14.9. The minimum absolute atomic E-state index is 0.0459. The molecule has 2 aliphatic heterocycles. The average molecular weight is 353 g/mol. The molecule has 0 N–H and O–H groups in total. The third-order valence-corrected chi connectivity index (χ3v) is 6.04. The van der Waals surface area contributed by atoms with Crippen molar-refractivity contribution >= 4 is 0 Å². The molecular formula is C22H24FNO2. The molecule has 1 aliphatic carbocycles. The van der Waals surface area contributed by atoms with E-state index in [4.69, 9.17) is 9.47 Å². The lowest BCUT2D eigenvalue weighted by atomic mass is 9.87. The molecule has 3 aliphatic rings. The largest absolute Gasteiger partial charge is 0.379 e. The summed E-state index contributed by atoms with van der Waals surface area (Å²) in [6.07, 6.45) is 1.99. The van der Waals surface area contributed by atoms with Crippen LogP contribution in [0.1, 0.15) is 40.7 Å². The van der Waals surface area contributed by atoms with Crippen molar-refractivity contribution in [3.05, 3.63) is 70.5 Å². The van der Waals surface area contributed by atoms with Crippen molar-refractivity contribution in [2.24, 2.45) is 0 Å². The number of nitrogens with zero attached hydrogens (tertiary/aromatic N) is 1. The van der Waals surface area contributed by atoms with E-state index in [0.29, 0.717) is 5.92 Å². The highest BCUT2D eigenvalue weighted by molar-refractivity contribution is 5.45. The monoisotopic (exact) mass is 353 g/mol. The number of hydrogen-bond acceptors (Lipinski definition) is 3. The van der Waals surface area contributed by atoms with Gasteiger partial charge in [-0.1, -0.05) is 30.3 Å². The molecule has 5 rings (SSSR count). The Labute approximate surface area is 153 Å². The summed E-state index contributed by atoms with van der Waals surface area (Å²) >= 11 is 0. The van der Waals surface area contributed by atoms with Crippen molar-refractivity contribution in [3.8, 4) is 0 Å². The zero-order valence-electron chi connectivity index (χ0n) is 14.9. The predicted octanol–water partition coefficient (Wildman–Crippen LogP) is 3.68. The lowest BCUT2D eigenvalue weighted by Crippen LogP contribution is -2.40. The topological polar surface area (TPSA) is 21.7 Å². The highest BCUT2D eigenvalue weighted by Crippen LogP contribution is 2.49. The summed E-state index contributed by atoms with van der Waals surface area (Å²) in [7, 11) is 0. The summed E-state index contributed by atoms with van der Waals surface area (Å²) in [5, 5.41) is 0. The first-order chi connectivity index (χ1) is 12.8. The maximum Gasteiger partial charge on any atom is 0.123 e. The van der Waals surface area contributed by atoms with Gasteiger partial charge >= 0.3 is 0 Å². The second-order valence-electron chi connectivity index (χ2n) is 7.65. The third-order valence-electron chi connectivity index (χ3n) is 6.04. The normalized spacial score (nSPS) is 28.1. The summed E-state index contributed by atoms with van der Waals surface area (Å²) in [6.45, 7) is 4.48. The van der Waals surface area contributed by atoms with Crippen LogP contribution in [0.4, 0.5) is 4.39 Å². The van der Waals surface area contributed by atoms with Crippen LogP contribution in [0, 0.1) is 5.82 Å². The molecule has 2 fully saturated rings. The first kappa shape index (κ1) is 16.4. The quantitative estimate of drug-likeness (QED) is 0.822.